The monoisotopic (exact) mass is 657 g/mol. The Bertz CT molecular complexity index is 795. The number of hydrogen-bond acceptors (Lipinski definition) is 5. The van der Waals surface area contributed by atoms with Gasteiger partial charge in [0.05, 0.1) is 13.2 Å². The van der Waals surface area contributed by atoms with Gasteiger partial charge in [-0.05, 0) is 84.0 Å². The smallest absolute Gasteiger partial charge is 0.282 e. The van der Waals surface area contributed by atoms with Crippen molar-refractivity contribution in [2.24, 2.45) is 5.92 Å². The zero-order valence-corrected chi connectivity index (χ0v) is 31.7. The van der Waals surface area contributed by atoms with E-state index >= 15 is 0 Å². The zero-order valence-electron chi connectivity index (χ0n) is 30.9. The lowest BCUT2D eigenvalue weighted by Gasteiger charge is -3.01. The van der Waals surface area contributed by atoms with Crippen LogP contribution in [-0.4, -0.2) is 61.0 Å². The third-order valence-corrected chi connectivity index (χ3v) is 25.0. The van der Waals surface area contributed by atoms with E-state index in [1.165, 1.54) is 148 Å². The Kier molecular flexibility index (Phi) is 13.7. The van der Waals surface area contributed by atoms with E-state index in [1.54, 1.807) is 21.3 Å². The molecule has 0 spiro atoms. The molecule has 0 aromatic carbocycles. The van der Waals surface area contributed by atoms with Gasteiger partial charge in [-0.2, -0.15) is 0 Å². The van der Waals surface area contributed by atoms with Crippen LogP contribution in [0.15, 0.2) is 0 Å². The summed E-state index contributed by atoms with van der Waals surface area (Å²) >= 11 is 0. The fraction of sp³-hybridized carbons (Fsp3) is 1.00. The molecule has 1 atom stereocenters. The molecule has 0 amide bonds. The molecule has 1 unspecified atom stereocenters. The van der Waals surface area contributed by atoms with Crippen molar-refractivity contribution in [3.8, 4) is 0 Å². The maximum absolute atomic E-state index is 8.52. The van der Waals surface area contributed by atoms with Gasteiger partial charge >= 0.3 is 0 Å². The van der Waals surface area contributed by atoms with E-state index in [0.717, 1.165) is 26.1 Å². The normalized spacial score (nSPS) is 25.5. The maximum atomic E-state index is 8.52. The van der Waals surface area contributed by atoms with E-state index in [-0.39, 0.29) is 4.75 Å². The standard InChI is InChI=1S/C39H76O5S/c1-7-10-31-38(34-23-15-11-16-24-34,32-33-39(40-4,41-5)42-6)45(43-8-2,44-9-3,35-25-17-12-18-26-35,36-27-19-13-20-28-36)37-29-21-14-22-30-37/h34-37H,7-33H2,1-6H3. The molecule has 6 heteroatoms. The first kappa shape index (κ1) is 38.0. The Morgan fingerprint density at radius 3 is 1.20 bits per heavy atom. The summed E-state index contributed by atoms with van der Waals surface area (Å²) in [5, 5.41) is 1.56. The second kappa shape index (κ2) is 16.2. The van der Waals surface area contributed by atoms with E-state index in [9.17, 15) is 0 Å². The molecule has 0 N–H and O–H groups in total. The molecule has 0 radical (unpaired) electrons. The summed E-state index contributed by atoms with van der Waals surface area (Å²) < 4.78 is 35.4. The summed E-state index contributed by atoms with van der Waals surface area (Å²) in [6.45, 7) is 8.66. The molecule has 4 rings (SSSR count). The lowest BCUT2D eigenvalue weighted by Crippen LogP contribution is -2.76. The largest absolute Gasteiger partial charge is 0.331 e. The highest BCUT2D eigenvalue weighted by Crippen LogP contribution is 3.08. The second-order valence-corrected chi connectivity index (χ2v) is 21.9. The molecule has 5 nitrogen and oxygen atoms in total. The minimum atomic E-state index is -3.96. The van der Waals surface area contributed by atoms with Gasteiger partial charge in [-0.15, -0.1) is 0 Å². The number of methoxy groups -OCH3 is 3. The molecule has 0 aromatic heterocycles. The fourth-order valence-electron chi connectivity index (χ4n) is 12.7. The molecule has 4 saturated carbocycles. The summed E-state index contributed by atoms with van der Waals surface area (Å²) in [6.07, 6.45) is 31.9. The van der Waals surface area contributed by atoms with Crippen LogP contribution in [-0.2, 0) is 22.6 Å². The average molecular weight is 657 g/mol. The molecule has 4 aliphatic rings. The average Bonchev–Trinajstić information content (AvgIpc) is 3.12. The predicted octanol–water partition coefficient (Wildman–Crippen LogP) is 11.6. The number of unbranched alkanes of at least 4 members (excludes halogenated alkanes) is 1. The number of hydrogen-bond donors (Lipinski definition) is 0. The van der Waals surface area contributed by atoms with Crippen LogP contribution >= 0.6 is 8.86 Å². The van der Waals surface area contributed by atoms with E-state index in [2.05, 4.69) is 20.8 Å². The Balaban J connectivity index is 2.23. The van der Waals surface area contributed by atoms with E-state index in [1.807, 2.05) is 0 Å². The molecule has 4 fully saturated rings. The minimum Gasteiger partial charge on any atom is -0.331 e. The first-order chi connectivity index (χ1) is 21.9. The van der Waals surface area contributed by atoms with Crippen molar-refractivity contribution in [3.05, 3.63) is 0 Å². The lowest BCUT2D eigenvalue weighted by molar-refractivity contribution is -0.356. The highest BCUT2D eigenvalue weighted by molar-refractivity contribution is 8.60. The molecule has 45 heavy (non-hydrogen) atoms. The van der Waals surface area contributed by atoms with Gasteiger partial charge in [0.1, 0.15) is 0 Å². The highest BCUT2D eigenvalue weighted by Gasteiger charge is 2.80. The molecule has 0 heterocycles. The SMILES string of the molecule is CCCCC(CCC(OC)(OC)OC)(C1CCCCC1)S(OCC)(OCC)(C1CCCCC1)(C1CCCCC1)C1CCCCC1. The quantitative estimate of drug-likeness (QED) is 0.137. The van der Waals surface area contributed by atoms with Gasteiger partial charge in [0, 0.05) is 48.2 Å². The summed E-state index contributed by atoms with van der Waals surface area (Å²) in [6, 6.07) is 0. The van der Waals surface area contributed by atoms with Gasteiger partial charge in [-0.1, -0.05) is 96.8 Å². The van der Waals surface area contributed by atoms with E-state index in [4.69, 9.17) is 22.6 Å². The van der Waals surface area contributed by atoms with Crippen LogP contribution in [0.1, 0.15) is 181 Å². The highest BCUT2D eigenvalue weighted by atomic mass is 32.4. The number of ether oxygens (including phenoxy) is 3. The predicted molar refractivity (Wildman–Crippen MR) is 193 cm³/mol. The van der Waals surface area contributed by atoms with Gasteiger partial charge in [0.15, 0.2) is 0 Å². The minimum absolute atomic E-state index is 0.0602. The molecule has 0 aliphatic heterocycles. The molecule has 0 bridgehead atoms. The summed E-state index contributed by atoms with van der Waals surface area (Å²) in [5.74, 6) is -0.443. The molecule has 0 saturated heterocycles. The van der Waals surface area contributed by atoms with Crippen LogP contribution < -0.4 is 0 Å². The summed E-state index contributed by atoms with van der Waals surface area (Å²) in [5.41, 5.74) is 0. The summed E-state index contributed by atoms with van der Waals surface area (Å²) in [4.78, 5) is 0. The van der Waals surface area contributed by atoms with E-state index < -0.39 is 14.8 Å². The molecule has 4 aliphatic carbocycles. The second-order valence-electron chi connectivity index (χ2n) is 15.5. The molecule has 268 valence electrons. The fourth-order valence-corrected chi connectivity index (χ4v) is 26.2. The van der Waals surface area contributed by atoms with Crippen molar-refractivity contribution in [1.82, 2.24) is 0 Å². The molecular formula is C39H76O5S. The van der Waals surface area contributed by atoms with Crippen molar-refractivity contribution < 1.29 is 22.6 Å². The van der Waals surface area contributed by atoms with Gasteiger partial charge in [-0.3, -0.25) is 8.86 Å². The van der Waals surface area contributed by atoms with Crippen LogP contribution in [0.25, 0.3) is 0 Å². The Morgan fingerprint density at radius 1 is 0.489 bits per heavy atom. The van der Waals surface area contributed by atoms with Crippen LogP contribution in [0.3, 0.4) is 0 Å². The Morgan fingerprint density at radius 2 is 0.867 bits per heavy atom. The van der Waals surface area contributed by atoms with Crippen molar-refractivity contribution >= 4 is 8.86 Å². The van der Waals surface area contributed by atoms with Crippen LogP contribution in [0.5, 0.6) is 0 Å². The topological polar surface area (TPSA) is 46.2 Å². The van der Waals surface area contributed by atoms with Crippen molar-refractivity contribution in [3.63, 3.8) is 0 Å². The van der Waals surface area contributed by atoms with Gasteiger partial charge in [0.25, 0.3) is 5.97 Å². The first-order valence-electron chi connectivity index (χ1n) is 19.9. The van der Waals surface area contributed by atoms with Gasteiger partial charge < -0.3 is 22.6 Å². The van der Waals surface area contributed by atoms with Crippen LogP contribution in [0, 0.1) is 5.92 Å². The van der Waals surface area contributed by atoms with Crippen molar-refractivity contribution in [2.45, 2.75) is 208 Å². The maximum Gasteiger partial charge on any atom is 0.282 e. The first-order valence-corrected chi connectivity index (χ1v) is 22.4. The third-order valence-electron chi connectivity index (χ3n) is 14.1. The summed E-state index contributed by atoms with van der Waals surface area (Å²) in [7, 11) is 1.34. The Hall–Kier alpha value is 0.150. The number of rotatable bonds is 18. The van der Waals surface area contributed by atoms with Gasteiger partial charge in [0.2, 0.25) is 0 Å². The van der Waals surface area contributed by atoms with E-state index in [0.29, 0.717) is 21.7 Å². The Labute approximate surface area is 279 Å². The van der Waals surface area contributed by atoms with Crippen LogP contribution in [0.2, 0.25) is 0 Å². The van der Waals surface area contributed by atoms with Crippen LogP contribution in [0.4, 0.5) is 0 Å². The molecule has 0 aromatic rings. The van der Waals surface area contributed by atoms with Gasteiger partial charge in [-0.25, -0.2) is 0 Å². The third kappa shape index (κ3) is 5.81. The van der Waals surface area contributed by atoms with Crippen molar-refractivity contribution in [1.29, 1.82) is 0 Å². The lowest BCUT2D eigenvalue weighted by atomic mass is 9.74. The zero-order chi connectivity index (χ0) is 32.3. The molecular weight excluding hydrogens is 580 g/mol. The van der Waals surface area contributed by atoms with Crippen molar-refractivity contribution in [2.75, 3.05) is 34.5 Å².